The maximum atomic E-state index is 11.6. The number of aliphatic carboxylic acids is 1. The Balaban J connectivity index is 1.82. The van der Waals surface area contributed by atoms with Crippen LogP contribution in [0, 0.1) is 11.8 Å². The third-order valence-corrected chi connectivity index (χ3v) is 5.63. The number of carbonyl (C=O) groups is 1. The standard InChI is InChI=1S/C15H17BrClNO2/c16-13-5-4-11(17)6-10(13)8-18-7-9-2-1-3-12(9)14(18)15(19)20/h4-6,9,12,14H,1-3,7-8H2,(H,19,20). The first kappa shape index (κ1) is 14.4. The van der Waals surface area contributed by atoms with Crippen LogP contribution in [0.5, 0.6) is 0 Å². The molecule has 1 saturated heterocycles. The number of benzene rings is 1. The Kier molecular flexibility index (Phi) is 4.07. The molecule has 0 aromatic heterocycles. The summed E-state index contributed by atoms with van der Waals surface area (Å²) in [5.74, 6) is 0.192. The number of nitrogens with zero attached hydrogens (tertiary/aromatic N) is 1. The van der Waals surface area contributed by atoms with E-state index in [0.29, 0.717) is 23.4 Å². The molecule has 1 aromatic carbocycles. The summed E-state index contributed by atoms with van der Waals surface area (Å²) in [5.41, 5.74) is 1.06. The summed E-state index contributed by atoms with van der Waals surface area (Å²) in [4.78, 5) is 13.7. The summed E-state index contributed by atoms with van der Waals surface area (Å²) in [5, 5.41) is 10.2. The van der Waals surface area contributed by atoms with Crippen molar-refractivity contribution in [1.29, 1.82) is 0 Å². The van der Waals surface area contributed by atoms with E-state index in [1.165, 1.54) is 12.8 Å². The van der Waals surface area contributed by atoms with Crippen molar-refractivity contribution in [2.75, 3.05) is 6.54 Å². The quantitative estimate of drug-likeness (QED) is 0.894. The molecule has 3 rings (SSSR count). The maximum Gasteiger partial charge on any atom is 0.321 e. The number of fused-ring (bicyclic) bond motifs is 1. The van der Waals surface area contributed by atoms with E-state index >= 15 is 0 Å². The molecule has 2 aliphatic rings. The number of hydrogen-bond donors (Lipinski definition) is 1. The second-order valence-electron chi connectivity index (χ2n) is 5.80. The van der Waals surface area contributed by atoms with E-state index in [9.17, 15) is 9.90 Å². The van der Waals surface area contributed by atoms with Crippen LogP contribution in [0.3, 0.4) is 0 Å². The predicted molar refractivity (Wildman–Crippen MR) is 81.8 cm³/mol. The number of hydrogen-bond acceptors (Lipinski definition) is 2. The van der Waals surface area contributed by atoms with Gasteiger partial charge in [0.15, 0.2) is 0 Å². The highest BCUT2D eigenvalue weighted by molar-refractivity contribution is 9.10. The third kappa shape index (κ3) is 2.61. The summed E-state index contributed by atoms with van der Waals surface area (Å²) in [6.45, 7) is 1.53. The Hall–Kier alpha value is -0.580. The molecule has 3 unspecified atom stereocenters. The summed E-state index contributed by atoms with van der Waals surface area (Å²) < 4.78 is 0.989. The summed E-state index contributed by atoms with van der Waals surface area (Å²) in [6.07, 6.45) is 3.39. The van der Waals surface area contributed by atoms with Crippen molar-refractivity contribution in [2.45, 2.75) is 31.8 Å². The van der Waals surface area contributed by atoms with Crippen LogP contribution in [0.2, 0.25) is 5.02 Å². The van der Waals surface area contributed by atoms with E-state index in [4.69, 9.17) is 11.6 Å². The van der Waals surface area contributed by atoms with Crippen molar-refractivity contribution in [3.63, 3.8) is 0 Å². The minimum atomic E-state index is -0.683. The van der Waals surface area contributed by atoms with Crippen molar-refractivity contribution < 1.29 is 9.90 Å². The molecule has 0 radical (unpaired) electrons. The van der Waals surface area contributed by atoms with Crippen molar-refractivity contribution in [1.82, 2.24) is 4.90 Å². The topological polar surface area (TPSA) is 40.5 Å². The number of halogens is 2. The number of carboxylic acid groups (broad SMARTS) is 1. The number of rotatable bonds is 3. The average molecular weight is 359 g/mol. The Bertz CT molecular complexity index is 537. The van der Waals surface area contributed by atoms with Crippen LogP contribution in [-0.4, -0.2) is 28.6 Å². The zero-order valence-electron chi connectivity index (χ0n) is 11.1. The minimum absolute atomic E-state index is 0.324. The van der Waals surface area contributed by atoms with Gasteiger partial charge in [0.05, 0.1) is 0 Å². The highest BCUT2D eigenvalue weighted by Crippen LogP contribution is 2.43. The smallest absolute Gasteiger partial charge is 0.321 e. The first-order chi connectivity index (χ1) is 9.56. The van der Waals surface area contributed by atoms with Crippen LogP contribution in [0.15, 0.2) is 22.7 Å². The van der Waals surface area contributed by atoms with Crippen molar-refractivity contribution in [3.05, 3.63) is 33.3 Å². The number of carboxylic acids is 1. The van der Waals surface area contributed by atoms with Crippen LogP contribution in [0.4, 0.5) is 0 Å². The Morgan fingerprint density at radius 2 is 2.25 bits per heavy atom. The molecular weight excluding hydrogens is 342 g/mol. The molecular formula is C15H17BrClNO2. The van der Waals surface area contributed by atoms with Gasteiger partial charge in [-0.1, -0.05) is 34.0 Å². The van der Waals surface area contributed by atoms with E-state index in [1.807, 2.05) is 18.2 Å². The molecule has 3 nitrogen and oxygen atoms in total. The van der Waals surface area contributed by atoms with Crippen LogP contribution >= 0.6 is 27.5 Å². The Morgan fingerprint density at radius 3 is 3.00 bits per heavy atom. The van der Waals surface area contributed by atoms with Gasteiger partial charge in [0.25, 0.3) is 0 Å². The first-order valence-electron chi connectivity index (χ1n) is 6.97. The highest BCUT2D eigenvalue weighted by atomic mass is 79.9. The largest absolute Gasteiger partial charge is 0.480 e. The van der Waals surface area contributed by atoms with Crippen molar-refractivity contribution in [3.8, 4) is 0 Å². The fourth-order valence-electron chi connectivity index (χ4n) is 3.78. The molecule has 0 spiro atoms. The van der Waals surface area contributed by atoms with Gasteiger partial charge in [-0.2, -0.15) is 0 Å². The summed E-state index contributed by atoms with van der Waals surface area (Å²) in [6, 6.07) is 5.33. The molecule has 0 amide bonds. The molecule has 1 heterocycles. The molecule has 1 aliphatic carbocycles. The lowest BCUT2D eigenvalue weighted by Gasteiger charge is -2.24. The third-order valence-electron chi connectivity index (χ3n) is 4.62. The second-order valence-corrected chi connectivity index (χ2v) is 7.09. The van der Waals surface area contributed by atoms with Gasteiger partial charge in [-0.3, -0.25) is 9.69 Å². The fraction of sp³-hybridized carbons (Fsp3) is 0.533. The van der Waals surface area contributed by atoms with Crippen LogP contribution < -0.4 is 0 Å². The lowest BCUT2D eigenvalue weighted by atomic mass is 9.94. The molecule has 2 fully saturated rings. The van der Waals surface area contributed by atoms with Gasteiger partial charge in [-0.05, 0) is 48.4 Å². The summed E-state index contributed by atoms with van der Waals surface area (Å²) >= 11 is 9.56. The Labute approximate surface area is 132 Å². The van der Waals surface area contributed by atoms with Gasteiger partial charge in [-0.15, -0.1) is 0 Å². The van der Waals surface area contributed by atoms with E-state index in [0.717, 1.165) is 23.0 Å². The minimum Gasteiger partial charge on any atom is -0.480 e. The first-order valence-corrected chi connectivity index (χ1v) is 8.14. The molecule has 1 aliphatic heterocycles. The highest BCUT2D eigenvalue weighted by Gasteiger charge is 2.47. The zero-order valence-corrected chi connectivity index (χ0v) is 13.4. The molecule has 0 bridgehead atoms. The fourth-order valence-corrected chi connectivity index (χ4v) is 4.35. The average Bonchev–Trinajstić information content (AvgIpc) is 2.93. The molecule has 3 atom stereocenters. The van der Waals surface area contributed by atoms with E-state index in [-0.39, 0.29) is 6.04 Å². The van der Waals surface area contributed by atoms with Gasteiger partial charge in [0.1, 0.15) is 6.04 Å². The molecule has 1 N–H and O–H groups in total. The molecule has 108 valence electrons. The van der Waals surface area contributed by atoms with Gasteiger partial charge in [0, 0.05) is 22.6 Å². The molecule has 5 heteroatoms. The lowest BCUT2D eigenvalue weighted by molar-refractivity contribution is -0.143. The van der Waals surface area contributed by atoms with Crippen LogP contribution in [0.25, 0.3) is 0 Å². The van der Waals surface area contributed by atoms with Crippen molar-refractivity contribution in [2.24, 2.45) is 11.8 Å². The lowest BCUT2D eigenvalue weighted by Crippen LogP contribution is -2.39. The van der Waals surface area contributed by atoms with Crippen molar-refractivity contribution >= 4 is 33.5 Å². The summed E-state index contributed by atoms with van der Waals surface area (Å²) in [7, 11) is 0. The molecule has 1 saturated carbocycles. The van der Waals surface area contributed by atoms with E-state index < -0.39 is 5.97 Å². The second kappa shape index (κ2) is 5.66. The normalized spacial score (nSPS) is 29.6. The predicted octanol–water partition coefficient (Wildman–Crippen LogP) is 3.79. The zero-order chi connectivity index (χ0) is 14.3. The van der Waals surface area contributed by atoms with E-state index in [1.54, 1.807) is 0 Å². The monoisotopic (exact) mass is 357 g/mol. The van der Waals surface area contributed by atoms with Gasteiger partial charge < -0.3 is 5.11 Å². The molecule has 1 aromatic rings. The van der Waals surface area contributed by atoms with Crippen LogP contribution in [0.1, 0.15) is 24.8 Å². The van der Waals surface area contributed by atoms with Gasteiger partial charge in [0.2, 0.25) is 0 Å². The SMILES string of the molecule is O=C(O)C1C2CCCC2CN1Cc1cc(Cl)ccc1Br. The van der Waals surface area contributed by atoms with Crippen LogP contribution in [-0.2, 0) is 11.3 Å². The number of likely N-dealkylation sites (tertiary alicyclic amines) is 1. The Morgan fingerprint density at radius 1 is 1.45 bits per heavy atom. The van der Waals surface area contributed by atoms with Gasteiger partial charge in [-0.25, -0.2) is 0 Å². The van der Waals surface area contributed by atoms with E-state index in [2.05, 4.69) is 20.8 Å². The molecule has 20 heavy (non-hydrogen) atoms. The van der Waals surface area contributed by atoms with Gasteiger partial charge >= 0.3 is 5.97 Å². The maximum absolute atomic E-state index is 11.6.